The zero-order valence-electron chi connectivity index (χ0n) is 15.2. The Morgan fingerprint density at radius 2 is 2.00 bits per heavy atom. The number of rotatable bonds is 3. The summed E-state index contributed by atoms with van der Waals surface area (Å²) in [5, 5.41) is 0. The van der Waals surface area contributed by atoms with Gasteiger partial charge >= 0.3 is 12.3 Å². The molecule has 0 unspecified atom stereocenters. The van der Waals surface area contributed by atoms with E-state index in [-0.39, 0.29) is 30.1 Å². The van der Waals surface area contributed by atoms with Crippen molar-refractivity contribution in [1.82, 2.24) is 4.90 Å². The summed E-state index contributed by atoms with van der Waals surface area (Å²) in [6.45, 7) is 6.80. The molecule has 0 spiro atoms. The van der Waals surface area contributed by atoms with Gasteiger partial charge in [0.05, 0.1) is 17.9 Å². The van der Waals surface area contributed by atoms with Gasteiger partial charge in [-0.2, -0.15) is 13.2 Å². The SMILES string of the molecule is CC(C)(C)OC(=O)N1CCC[C@@H](COc2ccc(C(F)(F)F)cc2N)C1. The molecule has 1 fully saturated rings. The van der Waals surface area contributed by atoms with Crippen molar-refractivity contribution in [3.8, 4) is 5.75 Å². The minimum Gasteiger partial charge on any atom is -0.491 e. The first-order valence-corrected chi connectivity index (χ1v) is 8.53. The molecule has 0 saturated carbocycles. The molecule has 8 heteroatoms. The Morgan fingerprint density at radius 1 is 1.31 bits per heavy atom. The number of ether oxygens (including phenoxy) is 2. The number of nitrogens with two attached hydrogens (primary N) is 1. The molecule has 5 nitrogen and oxygen atoms in total. The van der Waals surface area contributed by atoms with Gasteiger partial charge in [0, 0.05) is 19.0 Å². The summed E-state index contributed by atoms with van der Waals surface area (Å²) in [6.07, 6.45) is -3.13. The first-order chi connectivity index (χ1) is 12.0. The van der Waals surface area contributed by atoms with E-state index < -0.39 is 17.3 Å². The summed E-state index contributed by atoms with van der Waals surface area (Å²) in [5.74, 6) is 0.283. The summed E-state index contributed by atoms with van der Waals surface area (Å²) in [7, 11) is 0. The van der Waals surface area contributed by atoms with E-state index in [0.29, 0.717) is 13.1 Å². The molecule has 0 bridgehead atoms. The molecule has 0 aromatic heterocycles. The highest BCUT2D eigenvalue weighted by Gasteiger charge is 2.31. The number of hydrogen-bond acceptors (Lipinski definition) is 4. The highest BCUT2D eigenvalue weighted by Crippen LogP contribution is 2.34. The number of amides is 1. The van der Waals surface area contributed by atoms with E-state index in [1.165, 1.54) is 6.07 Å². The van der Waals surface area contributed by atoms with Gasteiger partial charge in [0.1, 0.15) is 11.4 Å². The summed E-state index contributed by atoms with van der Waals surface area (Å²) in [6, 6.07) is 3.04. The lowest BCUT2D eigenvalue weighted by Gasteiger charge is -2.34. The fourth-order valence-electron chi connectivity index (χ4n) is 2.76. The molecule has 2 N–H and O–H groups in total. The number of carbonyl (C=O) groups is 1. The molecule has 26 heavy (non-hydrogen) atoms. The largest absolute Gasteiger partial charge is 0.491 e. The smallest absolute Gasteiger partial charge is 0.416 e. The zero-order valence-corrected chi connectivity index (χ0v) is 15.2. The standard InChI is InChI=1S/C18H25F3N2O3/c1-17(2,3)26-16(24)23-8-4-5-12(10-23)11-25-15-7-6-13(9-14(15)22)18(19,20)21/h6-7,9,12H,4-5,8,10-11,22H2,1-3H3/t12-/m1/s1. The van der Waals surface area contributed by atoms with Crippen LogP contribution < -0.4 is 10.5 Å². The van der Waals surface area contributed by atoms with Crippen molar-refractivity contribution in [1.29, 1.82) is 0 Å². The Bertz CT molecular complexity index is 642. The molecule has 1 heterocycles. The highest BCUT2D eigenvalue weighted by atomic mass is 19.4. The molecule has 1 aliphatic heterocycles. The Kier molecular flexibility index (Phi) is 5.93. The predicted octanol–water partition coefficient (Wildman–Crippen LogP) is 4.31. The molecule has 1 saturated heterocycles. The Balaban J connectivity index is 1.92. The fourth-order valence-corrected chi connectivity index (χ4v) is 2.76. The minimum atomic E-state index is -4.44. The van der Waals surface area contributed by atoms with Gasteiger partial charge in [-0.1, -0.05) is 0 Å². The van der Waals surface area contributed by atoms with Crippen LogP contribution in [0.4, 0.5) is 23.7 Å². The van der Waals surface area contributed by atoms with E-state index in [2.05, 4.69) is 0 Å². The highest BCUT2D eigenvalue weighted by molar-refractivity contribution is 5.68. The quantitative estimate of drug-likeness (QED) is 0.801. The van der Waals surface area contributed by atoms with Crippen molar-refractivity contribution >= 4 is 11.8 Å². The topological polar surface area (TPSA) is 64.8 Å². The molecule has 0 radical (unpaired) electrons. The number of piperidine rings is 1. The lowest BCUT2D eigenvalue weighted by Crippen LogP contribution is -2.44. The van der Waals surface area contributed by atoms with Crippen molar-refractivity contribution < 1.29 is 27.4 Å². The second-order valence-electron chi connectivity index (χ2n) is 7.50. The average molecular weight is 374 g/mol. The normalized spacial score (nSPS) is 18.5. The Hall–Kier alpha value is -2.12. The summed E-state index contributed by atoms with van der Waals surface area (Å²) >= 11 is 0. The van der Waals surface area contributed by atoms with Gasteiger partial charge < -0.3 is 20.1 Å². The van der Waals surface area contributed by atoms with Crippen LogP contribution in [-0.4, -0.2) is 36.3 Å². The van der Waals surface area contributed by atoms with Crippen LogP contribution in [0.5, 0.6) is 5.75 Å². The Morgan fingerprint density at radius 3 is 2.58 bits per heavy atom. The van der Waals surface area contributed by atoms with Crippen LogP contribution >= 0.6 is 0 Å². The van der Waals surface area contributed by atoms with Crippen LogP contribution in [0.15, 0.2) is 18.2 Å². The molecule has 0 aliphatic carbocycles. The number of halogens is 3. The number of nitrogens with zero attached hydrogens (tertiary/aromatic N) is 1. The molecule has 1 aliphatic rings. The van der Waals surface area contributed by atoms with Crippen molar-refractivity contribution in [2.45, 2.75) is 45.4 Å². The molecule has 1 aromatic carbocycles. The van der Waals surface area contributed by atoms with E-state index in [1.54, 1.807) is 4.90 Å². The second-order valence-corrected chi connectivity index (χ2v) is 7.50. The molecule has 1 aromatic rings. The van der Waals surface area contributed by atoms with Gasteiger partial charge in [-0.15, -0.1) is 0 Å². The van der Waals surface area contributed by atoms with Crippen LogP contribution in [0.3, 0.4) is 0 Å². The fraction of sp³-hybridized carbons (Fsp3) is 0.611. The first kappa shape index (κ1) is 20.2. The van der Waals surface area contributed by atoms with Gasteiger partial charge in [0.25, 0.3) is 0 Å². The molecule has 1 atom stereocenters. The molecular weight excluding hydrogens is 349 g/mol. The van der Waals surface area contributed by atoms with E-state index >= 15 is 0 Å². The van der Waals surface area contributed by atoms with Crippen molar-refractivity contribution in [3.63, 3.8) is 0 Å². The van der Waals surface area contributed by atoms with Crippen molar-refractivity contribution in [3.05, 3.63) is 23.8 Å². The van der Waals surface area contributed by atoms with Gasteiger partial charge in [-0.05, 0) is 51.8 Å². The first-order valence-electron chi connectivity index (χ1n) is 8.53. The predicted molar refractivity (Wildman–Crippen MR) is 91.9 cm³/mol. The van der Waals surface area contributed by atoms with Crippen LogP contribution in [-0.2, 0) is 10.9 Å². The lowest BCUT2D eigenvalue weighted by molar-refractivity contribution is -0.137. The third kappa shape index (κ3) is 5.71. The number of anilines is 1. The van der Waals surface area contributed by atoms with Crippen molar-refractivity contribution in [2.75, 3.05) is 25.4 Å². The van der Waals surface area contributed by atoms with E-state index in [4.69, 9.17) is 15.2 Å². The molecular formula is C18H25F3N2O3. The molecule has 2 rings (SSSR count). The van der Waals surface area contributed by atoms with Crippen LogP contribution in [0.1, 0.15) is 39.2 Å². The molecule has 1 amide bonds. The van der Waals surface area contributed by atoms with Crippen LogP contribution in [0, 0.1) is 5.92 Å². The Labute approximate surface area is 151 Å². The number of nitrogen functional groups attached to an aromatic ring is 1. The number of likely N-dealkylation sites (tertiary alicyclic amines) is 1. The summed E-state index contributed by atoms with van der Waals surface area (Å²) < 4.78 is 49.0. The number of alkyl halides is 3. The molecule has 146 valence electrons. The number of hydrogen-bond donors (Lipinski definition) is 1. The second kappa shape index (κ2) is 7.63. The van der Waals surface area contributed by atoms with Gasteiger partial charge in [-0.25, -0.2) is 4.79 Å². The minimum absolute atomic E-state index is 0.0559. The maximum atomic E-state index is 12.7. The van der Waals surface area contributed by atoms with Crippen LogP contribution in [0.25, 0.3) is 0 Å². The third-order valence-corrected chi connectivity index (χ3v) is 3.98. The van der Waals surface area contributed by atoms with E-state index in [9.17, 15) is 18.0 Å². The average Bonchev–Trinajstić information content (AvgIpc) is 2.51. The van der Waals surface area contributed by atoms with E-state index in [1.807, 2.05) is 20.8 Å². The number of benzene rings is 1. The van der Waals surface area contributed by atoms with Crippen LogP contribution in [0.2, 0.25) is 0 Å². The maximum Gasteiger partial charge on any atom is 0.416 e. The number of carbonyl (C=O) groups excluding carboxylic acids is 1. The summed E-state index contributed by atoms with van der Waals surface area (Å²) in [4.78, 5) is 13.8. The zero-order chi connectivity index (χ0) is 19.5. The van der Waals surface area contributed by atoms with Crippen molar-refractivity contribution in [2.24, 2.45) is 5.92 Å². The van der Waals surface area contributed by atoms with E-state index in [0.717, 1.165) is 25.0 Å². The van der Waals surface area contributed by atoms with Gasteiger partial charge in [0.15, 0.2) is 0 Å². The van der Waals surface area contributed by atoms with Gasteiger partial charge in [-0.3, -0.25) is 0 Å². The monoisotopic (exact) mass is 374 g/mol. The van der Waals surface area contributed by atoms with Gasteiger partial charge in [0.2, 0.25) is 0 Å². The third-order valence-electron chi connectivity index (χ3n) is 3.98. The maximum absolute atomic E-state index is 12.7. The lowest BCUT2D eigenvalue weighted by atomic mass is 9.99. The summed E-state index contributed by atoms with van der Waals surface area (Å²) in [5.41, 5.74) is 4.24.